The molecule has 0 bridgehead atoms. The smallest absolute Gasteiger partial charge is 0.379 e. The Morgan fingerprint density at radius 2 is 1.20 bits per heavy atom. The summed E-state index contributed by atoms with van der Waals surface area (Å²) in [4.78, 5) is 10.0. The minimum Gasteiger partial charge on any atom is -0.379 e. The highest BCUT2D eigenvalue weighted by molar-refractivity contribution is 7.47. The quantitative estimate of drug-likeness (QED) is 0.0416. The molecule has 0 aromatic rings. The maximum Gasteiger partial charge on any atom is 0.472 e. The fourth-order valence-corrected chi connectivity index (χ4v) is 4.90. The minimum atomic E-state index is -4.13. The van der Waals surface area contributed by atoms with Crippen LogP contribution in [0.5, 0.6) is 0 Å². The lowest BCUT2D eigenvalue weighted by atomic mass is 10.1. The molecule has 0 heterocycles. The van der Waals surface area contributed by atoms with Gasteiger partial charge in [-0.05, 0) is 78.6 Å². The van der Waals surface area contributed by atoms with Crippen LogP contribution in [0.1, 0.15) is 124 Å². The Bertz CT molecular complexity index is 699. The van der Waals surface area contributed by atoms with Crippen LogP contribution in [-0.4, -0.2) is 75.2 Å². The van der Waals surface area contributed by atoms with Gasteiger partial charge in [-0.2, -0.15) is 0 Å². The molecule has 8 heteroatoms. The Labute approximate surface area is 254 Å². The van der Waals surface area contributed by atoms with Gasteiger partial charge in [-0.25, -0.2) is 4.57 Å². The molecule has 1 N–H and O–H groups in total. The van der Waals surface area contributed by atoms with Crippen LogP contribution in [0.15, 0.2) is 24.3 Å². The van der Waals surface area contributed by atoms with Gasteiger partial charge in [0.25, 0.3) is 0 Å². The van der Waals surface area contributed by atoms with Gasteiger partial charge < -0.3 is 18.9 Å². The third-order valence-corrected chi connectivity index (χ3v) is 7.46. The average molecular weight is 605 g/mol. The van der Waals surface area contributed by atoms with E-state index >= 15 is 0 Å². The second kappa shape index (κ2) is 24.9. The van der Waals surface area contributed by atoms with Gasteiger partial charge in [-0.15, -0.1) is 0 Å². The van der Waals surface area contributed by atoms with Crippen LogP contribution < -0.4 is 0 Å². The van der Waals surface area contributed by atoms with Crippen molar-refractivity contribution >= 4 is 7.82 Å². The van der Waals surface area contributed by atoms with Crippen molar-refractivity contribution in [3.63, 3.8) is 0 Å². The van der Waals surface area contributed by atoms with E-state index in [2.05, 4.69) is 31.2 Å². The van der Waals surface area contributed by atoms with E-state index in [1.54, 1.807) is 0 Å². The van der Waals surface area contributed by atoms with Crippen LogP contribution in [0, 0.1) is 0 Å². The van der Waals surface area contributed by atoms with Crippen LogP contribution in [0.2, 0.25) is 0 Å². The molecule has 0 rings (SSSR count). The molecule has 0 fully saturated rings. The second-order valence-corrected chi connectivity index (χ2v) is 14.6. The number of likely N-dealkylation sites (N-methyl/N-ethyl adjacent to an activating group) is 1. The maximum atomic E-state index is 12.2. The van der Waals surface area contributed by atoms with Crippen LogP contribution in [-0.2, 0) is 23.1 Å². The van der Waals surface area contributed by atoms with Crippen molar-refractivity contribution in [1.29, 1.82) is 0 Å². The number of nitrogens with zero attached hydrogens (tertiary/aromatic N) is 1. The van der Waals surface area contributed by atoms with Gasteiger partial charge in [0.1, 0.15) is 19.3 Å². The highest BCUT2D eigenvalue weighted by atomic mass is 31.2. The first-order valence-electron chi connectivity index (χ1n) is 16.3. The first-order chi connectivity index (χ1) is 19.3. The molecule has 41 heavy (non-hydrogen) atoms. The van der Waals surface area contributed by atoms with E-state index in [0.717, 1.165) is 12.8 Å². The number of hydrogen-bond donors (Lipinski definition) is 1. The molecule has 1 unspecified atom stereocenters. The van der Waals surface area contributed by atoms with Gasteiger partial charge in [0.05, 0.1) is 40.0 Å². The topological polar surface area (TPSA) is 74.2 Å². The zero-order valence-corrected chi connectivity index (χ0v) is 28.8. The fourth-order valence-electron chi connectivity index (χ4n) is 4.16. The number of quaternary nitrogens is 1. The normalized spacial score (nSPS) is 15.2. The molecule has 0 saturated heterocycles. The van der Waals surface area contributed by atoms with E-state index in [0.29, 0.717) is 24.2 Å². The highest BCUT2D eigenvalue weighted by Crippen LogP contribution is 2.43. The lowest BCUT2D eigenvalue weighted by Gasteiger charge is -2.28. The Kier molecular flexibility index (Phi) is 24.5. The average Bonchev–Trinajstić information content (AvgIpc) is 2.86. The van der Waals surface area contributed by atoms with Gasteiger partial charge in [0, 0.05) is 6.61 Å². The summed E-state index contributed by atoms with van der Waals surface area (Å²) in [5.41, 5.74) is -0.415. The second-order valence-electron chi connectivity index (χ2n) is 13.2. The van der Waals surface area contributed by atoms with Crippen LogP contribution in [0.25, 0.3) is 0 Å². The molecule has 0 amide bonds. The lowest BCUT2D eigenvalue weighted by Crippen LogP contribution is -2.37. The Hall–Kier alpha value is -0.530. The van der Waals surface area contributed by atoms with Gasteiger partial charge in [0.15, 0.2) is 0 Å². The van der Waals surface area contributed by atoms with Crippen molar-refractivity contribution < 1.29 is 32.5 Å². The lowest BCUT2D eigenvalue weighted by molar-refractivity contribution is -0.870. The minimum absolute atomic E-state index is 0.0552. The number of hydrogen-bond acceptors (Lipinski definition) is 5. The number of rotatable bonds is 28. The third kappa shape index (κ3) is 32.2. The summed E-state index contributed by atoms with van der Waals surface area (Å²) in [6.45, 7) is 9.76. The van der Waals surface area contributed by atoms with Crippen LogP contribution in [0.4, 0.5) is 0 Å². The summed E-state index contributed by atoms with van der Waals surface area (Å²) in [5.74, 6) is 0. The molecule has 0 aromatic carbocycles. The Morgan fingerprint density at radius 1 is 0.707 bits per heavy atom. The summed E-state index contributed by atoms with van der Waals surface area (Å²) in [5, 5.41) is 0. The van der Waals surface area contributed by atoms with Gasteiger partial charge in [-0.3, -0.25) is 9.05 Å². The van der Waals surface area contributed by atoms with E-state index in [4.69, 9.17) is 18.5 Å². The predicted molar refractivity (Wildman–Crippen MR) is 173 cm³/mol. The summed E-state index contributed by atoms with van der Waals surface area (Å²) in [6.07, 6.45) is 27.7. The summed E-state index contributed by atoms with van der Waals surface area (Å²) in [7, 11) is 1.85. The molecule has 0 saturated carbocycles. The van der Waals surface area contributed by atoms with Crippen molar-refractivity contribution in [3.05, 3.63) is 24.3 Å². The van der Waals surface area contributed by atoms with Gasteiger partial charge in [0.2, 0.25) is 0 Å². The maximum absolute atomic E-state index is 12.2. The zero-order valence-electron chi connectivity index (χ0n) is 27.9. The van der Waals surface area contributed by atoms with Crippen LogP contribution >= 0.6 is 7.82 Å². The number of ether oxygens (including phenoxy) is 2. The van der Waals surface area contributed by atoms with E-state index < -0.39 is 19.5 Å². The molecule has 7 nitrogen and oxygen atoms in total. The molecule has 0 radical (unpaired) electrons. The fraction of sp³-hybridized carbons (Fsp3) is 0.879. The van der Waals surface area contributed by atoms with Crippen molar-refractivity contribution in [2.24, 2.45) is 0 Å². The predicted octanol–water partition coefficient (Wildman–Crippen LogP) is 9.01. The monoisotopic (exact) mass is 604 g/mol. The molecule has 0 aliphatic carbocycles. The van der Waals surface area contributed by atoms with E-state index in [9.17, 15) is 9.46 Å². The van der Waals surface area contributed by atoms with E-state index in [-0.39, 0.29) is 13.2 Å². The Morgan fingerprint density at radius 3 is 1.71 bits per heavy atom. The zero-order chi connectivity index (χ0) is 30.9. The number of phosphoric acid groups is 1. The molecule has 0 aliphatic heterocycles. The molecular formula is C33H67NO6P+. The van der Waals surface area contributed by atoms with Gasteiger partial charge in [-0.1, -0.05) is 69.8 Å². The van der Waals surface area contributed by atoms with Crippen molar-refractivity contribution in [3.8, 4) is 0 Å². The molecule has 0 aromatic heterocycles. The standard InChI is InChI=1S/C33H66NO6P/c1-8-9-10-11-12-13-14-15-16-17-18-19-20-21-22-23-24-25-26-28-37-30-32(40-33(2,3)4)31-39-41(35,36)38-29-27-34(5,6)7/h12-13,18-19,32H,8-11,14-17,20-31H2,1-7H3/p+1/t32-/m1/s1. The Balaban J connectivity index is 3.83. The SMILES string of the molecule is CCCCCC=CCCCCC=CCCCCCCCCOC[C@H](COP(=O)(O)OCC[N+](C)(C)C)OC(C)(C)C. The molecule has 0 spiro atoms. The first kappa shape index (κ1) is 40.5. The summed E-state index contributed by atoms with van der Waals surface area (Å²) in [6, 6.07) is 0. The van der Waals surface area contributed by atoms with E-state index in [1.165, 1.54) is 83.5 Å². The first-order valence-corrected chi connectivity index (χ1v) is 17.8. The number of phosphoric ester groups is 1. The molecule has 0 aliphatic rings. The van der Waals surface area contributed by atoms with Crippen molar-refractivity contribution in [2.45, 2.75) is 136 Å². The van der Waals surface area contributed by atoms with E-state index in [1.807, 2.05) is 41.9 Å². The largest absolute Gasteiger partial charge is 0.472 e. The number of allylic oxidation sites excluding steroid dienone is 4. The van der Waals surface area contributed by atoms with Gasteiger partial charge >= 0.3 is 7.82 Å². The van der Waals surface area contributed by atoms with Crippen molar-refractivity contribution in [2.75, 3.05) is 54.1 Å². The highest BCUT2D eigenvalue weighted by Gasteiger charge is 2.27. The molecule has 2 atom stereocenters. The van der Waals surface area contributed by atoms with Crippen molar-refractivity contribution in [1.82, 2.24) is 0 Å². The number of unbranched alkanes of at least 4 members (excludes halogenated alkanes) is 12. The molecule has 244 valence electrons. The molecular weight excluding hydrogens is 537 g/mol. The summed E-state index contributed by atoms with van der Waals surface area (Å²) >= 11 is 0. The third-order valence-electron chi connectivity index (χ3n) is 6.47. The van der Waals surface area contributed by atoms with Crippen LogP contribution in [0.3, 0.4) is 0 Å². The summed E-state index contributed by atoms with van der Waals surface area (Å²) < 4.78 is 35.0.